The molecule has 0 fully saturated rings. The van der Waals surface area contributed by atoms with Gasteiger partial charge in [0.15, 0.2) is 0 Å². The number of carbonyl (C=O) groups excluding carboxylic acids is 1. The van der Waals surface area contributed by atoms with E-state index in [1.807, 2.05) is 13.0 Å². The van der Waals surface area contributed by atoms with Crippen molar-refractivity contribution in [2.45, 2.75) is 26.2 Å². The van der Waals surface area contributed by atoms with Crippen molar-refractivity contribution in [1.29, 1.82) is 0 Å². The molecule has 0 aliphatic heterocycles. The smallest absolute Gasteiger partial charge is 0.220 e. The van der Waals surface area contributed by atoms with E-state index < -0.39 is 0 Å². The normalized spacial score (nSPS) is 10.2. The Morgan fingerprint density at radius 1 is 1.31 bits per heavy atom. The fourth-order valence-electron chi connectivity index (χ4n) is 1.31. The predicted octanol–water partition coefficient (Wildman–Crippen LogP) is 3.45. The van der Waals surface area contributed by atoms with Gasteiger partial charge in [-0.15, -0.1) is 0 Å². The van der Waals surface area contributed by atoms with Gasteiger partial charge < -0.3 is 5.32 Å². The van der Waals surface area contributed by atoms with Crippen molar-refractivity contribution in [3.8, 4) is 0 Å². The maximum absolute atomic E-state index is 11.4. The first-order valence-electron chi connectivity index (χ1n) is 5.34. The summed E-state index contributed by atoms with van der Waals surface area (Å²) in [4.78, 5) is 11.4. The minimum Gasteiger partial charge on any atom is -0.356 e. The Bertz CT molecular complexity index is 366. The molecule has 0 bridgehead atoms. The predicted molar refractivity (Wildman–Crippen MR) is 68.1 cm³/mol. The highest BCUT2D eigenvalue weighted by Gasteiger charge is 2.03. The Labute approximate surface area is 106 Å². The molecule has 1 amide bonds. The fraction of sp³-hybridized carbons (Fsp3) is 0.417. The lowest BCUT2D eigenvalue weighted by molar-refractivity contribution is -0.121. The molecule has 0 aliphatic carbocycles. The van der Waals surface area contributed by atoms with Gasteiger partial charge in [0.2, 0.25) is 5.91 Å². The monoisotopic (exact) mass is 259 g/mol. The summed E-state index contributed by atoms with van der Waals surface area (Å²) < 4.78 is 0. The van der Waals surface area contributed by atoms with E-state index in [4.69, 9.17) is 23.2 Å². The van der Waals surface area contributed by atoms with Gasteiger partial charge in [-0.25, -0.2) is 0 Å². The molecule has 0 aliphatic rings. The van der Waals surface area contributed by atoms with Crippen LogP contribution in [0.1, 0.15) is 25.3 Å². The standard InChI is InChI=1S/C12H15Cl2NO/c1-2-7-15-12(16)6-4-9-3-5-10(13)11(14)8-9/h3,5,8H,2,4,6-7H2,1H3,(H,15,16). The Morgan fingerprint density at radius 2 is 2.06 bits per heavy atom. The van der Waals surface area contributed by atoms with Gasteiger partial charge in [-0.2, -0.15) is 0 Å². The summed E-state index contributed by atoms with van der Waals surface area (Å²) in [5.74, 6) is 0.0768. The van der Waals surface area contributed by atoms with Gasteiger partial charge >= 0.3 is 0 Å². The Balaban J connectivity index is 2.42. The number of nitrogens with one attached hydrogen (secondary N) is 1. The van der Waals surface area contributed by atoms with Gasteiger partial charge in [-0.05, 0) is 30.5 Å². The van der Waals surface area contributed by atoms with Crippen LogP contribution in [0.3, 0.4) is 0 Å². The number of hydrogen-bond donors (Lipinski definition) is 1. The zero-order valence-corrected chi connectivity index (χ0v) is 10.7. The maximum Gasteiger partial charge on any atom is 0.220 e. The molecule has 1 N–H and O–H groups in total. The van der Waals surface area contributed by atoms with Crippen molar-refractivity contribution < 1.29 is 4.79 Å². The van der Waals surface area contributed by atoms with E-state index >= 15 is 0 Å². The summed E-state index contributed by atoms with van der Waals surface area (Å²) in [7, 11) is 0. The second-order valence-corrected chi connectivity index (χ2v) is 4.41. The molecular weight excluding hydrogens is 245 g/mol. The quantitative estimate of drug-likeness (QED) is 0.863. The Hall–Kier alpha value is -0.730. The summed E-state index contributed by atoms with van der Waals surface area (Å²) in [5, 5.41) is 3.91. The first-order valence-corrected chi connectivity index (χ1v) is 6.09. The van der Waals surface area contributed by atoms with Crippen LogP contribution in [0.2, 0.25) is 10.0 Å². The lowest BCUT2D eigenvalue weighted by Gasteiger charge is -2.04. The van der Waals surface area contributed by atoms with E-state index in [0.29, 0.717) is 22.9 Å². The third-order valence-electron chi connectivity index (χ3n) is 2.20. The molecule has 1 aromatic carbocycles. The maximum atomic E-state index is 11.4. The van der Waals surface area contributed by atoms with Crippen LogP contribution < -0.4 is 5.32 Å². The lowest BCUT2D eigenvalue weighted by Crippen LogP contribution is -2.24. The number of rotatable bonds is 5. The number of hydrogen-bond acceptors (Lipinski definition) is 1. The summed E-state index contributed by atoms with van der Waals surface area (Å²) in [6.45, 7) is 2.76. The van der Waals surface area contributed by atoms with Gasteiger partial charge in [-0.1, -0.05) is 36.2 Å². The van der Waals surface area contributed by atoms with Crippen molar-refractivity contribution in [2.75, 3.05) is 6.54 Å². The van der Waals surface area contributed by atoms with Crippen LogP contribution in [0.5, 0.6) is 0 Å². The SMILES string of the molecule is CCCNC(=O)CCc1ccc(Cl)c(Cl)c1. The molecule has 0 aromatic heterocycles. The van der Waals surface area contributed by atoms with Crippen molar-refractivity contribution in [3.63, 3.8) is 0 Å². The molecule has 0 spiro atoms. The zero-order valence-electron chi connectivity index (χ0n) is 9.22. The lowest BCUT2D eigenvalue weighted by atomic mass is 10.1. The summed E-state index contributed by atoms with van der Waals surface area (Å²) in [5.41, 5.74) is 1.03. The van der Waals surface area contributed by atoms with Gasteiger partial charge in [0.25, 0.3) is 0 Å². The molecule has 16 heavy (non-hydrogen) atoms. The van der Waals surface area contributed by atoms with Crippen molar-refractivity contribution in [3.05, 3.63) is 33.8 Å². The molecule has 1 rings (SSSR count). The van der Waals surface area contributed by atoms with Crippen LogP contribution in [-0.2, 0) is 11.2 Å². The van der Waals surface area contributed by atoms with Crippen LogP contribution in [0, 0.1) is 0 Å². The summed E-state index contributed by atoms with van der Waals surface area (Å²) in [6.07, 6.45) is 2.13. The average Bonchev–Trinajstić information content (AvgIpc) is 2.28. The number of halogens is 2. The first kappa shape index (κ1) is 13.3. The van der Waals surface area contributed by atoms with Crippen molar-refractivity contribution in [2.24, 2.45) is 0 Å². The number of carbonyl (C=O) groups is 1. The first-order chi connectivity index (χ1) is 7.63. The number of benzene rings is 1. The number of aryl methyl sites for hydroxylation is 1. The molecule has 4 heteroatoms. The van der Waals surface area contributed by atoms with E-state index in [1.165, 1.54) is 0 Å². The minimum absolute atomic E-state index is 0.0768. The van der Waals surface area contributed by atoms with Crippen LogP contribution >= 0.6 is 23.2 Å². The zero-order chi connectivity index (χ0) is 12.0. The highest BCUT2D eigenvalue weighted by atomic mass is 35.5. The van der Waals surface area contributed by atoms with Crippen molar-refractivity contribution >= 4 is 29.1 Å². The van der Waals surface area contributed by atoms with Crippen LogP contribution in [0.4, 0.5) is 0 Å². The molecule has 0 unspecified atom stereocenters. The van der Waals surface area contributed by atoms with Crippen molar-refractivity contribution in [1.82, 2.24) is 5.32 Å². The van der Waals surface area contributed by atoms with E-state index in [-0.39, 0.29) is 5.91 Å². The van der Waals surface area contributed by atoms with Crippen LogP contribution in [-0.4, -0.2) is 12.5 Å². The Kier molecular flexibility index (Phi) is 5.64. The van der Waals surface area contributed by atoms with Gasteiger partial charge in [-0.3, -0.25) is 4.79 Å². The minimum atomic E-state index is 0.0768. The second-order valence-electron chi connectivity index (χ2n) is 3.60. The molecule has 0 saturated heterocycles. The second kappa shape index (κ2) is 6.77. The van der Waals surface area contributed by atoms with Crippen LogP contribution in [0.15, 0.2) is 18.2 Å². The molecular formula is C12H15Cl2NO. The summed E-state index contributed by atoms with van der Waals surface area (Å²) >= 11 is 11.7. The van der Waals surface area contributed by atoms with Gasteiger partial charge in [0, 0.05) is 13.0 Å². The highest BCUT2D eigenvalue weighted by Crippen LogP contribution is 2.23. The topological polar surface area (TPSA) is 29.1 Å². The number of amides is 1. The fourth-order valence-corrected chi connectivity index (χ4v) is 1.63. The molecule has 0 saturated carbocycles. The molecule has 2 nitrogen and oxygen atoms in total. The van der Waals surface area contributed by atoms with E-state index in [0.717, 1.165) is 18.5 Å². The summed E-state index contributed by atoms with van der Waals surface area (Å²) in [6, 6.07) is 5.45. The van der Waals surface area contributed by atoms with Gasteiger partial charge in [0.05, 0.1) is 10.0 Å². The molecule has 1 aromatic rings. The van der Waals surface area contributed by atoms with E-state index in [1.54, 1.807) is 12.1 Å². The molecule has 88 valence electrons. The molecule has 0 heterocycles. The van der Waals surface area contributed by atoms with E-state index in [2.05, 4.69) is 5.32 Å². The highest BCUT2D eigenvalue weighted by molar-refractivity contribution is 6.42. The largest absolute Gasteiger partial charge is 0.356 e. The third-order valence-corrected chi connectivity index (χ3v) is 2.94. The molecule has 0 atom stereocenters. The third kappa shape index (κ3) is 4.42. The Morgan fingerprint density at radius 3 is 2.69 bits per heavy atom. The van der Waals surface area contributed by atoms with Crippen LogP contribution in [0.25, 0.3) is 0 Å². The average molecular weight is 260 g/mol. The van der Waals surface area contributed by atoms with Gasteiger partial charge in [0.1, 0.15) is 0 Å². The molecule has 0 radical (unpaired) electrons. The van der Waals surface area contributed by atoms with E-state index in [9.17, 15) is 4.79 Å².